The first-order valence-corrected chi connectivity index (χ1v) is 9.25. The van der Waals surface area contributed by atoms with Crippen LogP contribution in [-0.4, -0.2) is 18.4 Å². The van der Waals surface area contributed by atoms with Gasteiger partial charge in [-0.2, -0.15) is 0 Å². The third kappa shape index (κ3) is 3.16. The van der Waals surface area contributed by atoms with E-state index < -0.39 is 15.8 Å². The standard InChI is InChI=1S/C18H17FN4O2S/c1-10-12(13-5-3-4-6-16(13)26(21,24)25)7-8-14(17(10)19)15-9-22-18(20)11(2)23-15/h3-9H,1-2H3,(H2,20,22)(H2,21,24,25). The summed E-state index contributed by atoms with van der Waals surface area (Å²) in [6.07, 6.45) is 1.40. The van der Waals surface area contributed by atoms with Crippen molar-refractivity contribution >= 4 is 15.8 Å². The quantitative estimate of drug-likeness (QED) is 0.734. The molecule has 0 spiro atoms. The number of nitrogen functional groups attached to an aromatic ring is 1. The van der Waals surface area contributed by atoms with Crippen LogP contribution in [0.1, 0.15) is 11.3 Å². The minimum absolute atomic E-state index is 0.0571. The normalized spacial score (nSPS) is 11.5. The molecule has 0 amide bonds. The van der Waals surface area contributed by atoms with Gasteiger partial charge in [0.25, 0.3) is 0 Å². The Kier molecular flexibility index (Phi) is 4.47. The van der Waals surface area contributed by atoms with Crippen LogP contribution < -0.4 is 10.9 Å². The molecule has 0 atom stereocenters. The van der Waals surface area contributed by atoms with Crippen molar-refractivity contribution in [1.82, 2.24) is 9.97 Å². The predicted octanol–water partition coefficient (Wildman–Crippen LogP) is 2.80. The second kappa shape index (κ2) is 6.47. The summed E-state index contributed by atoms with van der Waals surface area (Å²) in [6.45, 7) is 3.26. The van der Waals surface area contributed by atoms with Crippen molar-refractivity contribution in [2.45, 2.75) is 18.7 Å². The fourth-order valence-electron chi connectivity index (χ4n) is 2.73. The molecule has 0 aliphatic heterocycles. The van der Waals surface area contributed by atoms with Crippen molar-refractivity contribution in [1.29, 1.82) is 0 Å². The van der Waals surface area contributed by atoms with E-state index in [0.717, 1.165) is 0 Å². The lowest BCUT2D eigenvalue weighted by molar-refractivity contribution is 0.598. The van der Waals surface area contributed by atoms with E-state index in [1.807, 2.05) is 0 Å². The summed E-state index contributed by atoms with van der Waals surface area (Å²) < 4.78 is 38.7. The third-order valence-electron chi connectivity index (χ3n) is 4.13. The van der Waals surface area contributed by atoms with Gasteiger partial charge in [0.15, 0.2) is 0 Å². The lowest BCUT2D eigenvalue weighted by atomic mass is 9.96. The number of aryl methyl sites for hydroxylation is 1. The zero-order valence-corrected chi connectivity index (χ0v) is 15.0. The molecular weight excluding hydrogens is 355 g/mol. The van der Waals surface area contributed by atoms with Gasteiger partial charge in [-0.05, 0) is 37.1 Å². The van der Waals surface area contributed by atoms with E-state index in [-0.39, 0.29) is 21.8 Å². The van der Waals surface area contributed by atoms with Gasteiger partial charge < -0.3 is 5.73 Å². The zero-order valence-electron chi connectivity index (χ0n) is 14.2. The maximum atomic E-state index is 15.0. The lowest BCUT2D eigenvalue weighted by Crippen LogP contribution is -2.13. The molecule has 134 valence electrons. The minimum Gasteiger partial charge on any atom is -0.382 e. The Labute approximate surface area is 150 Å². The molecule has 0 aliphatic rings. The van der Waals surface area contributed by atoms with E-state index in [1.165, 1.54) is 18.3 Å². The van der Waals surface area contributed by atoms with Gasteiger partial charge in [0.2, 0.25) is 10.0 Å². The molecule has 0 saturated heterocycles. The van der Waals surface area contributed by atoms with Crippen LogP contribution in [0.5, 0.6) is 0 Å². The number of rotatable bonds is 3. The molecule has 8 heteroatoms. The summed E-state index contributed by atoms with van der Waals surface area (Å²) >= 11 is 0. The van der Waals surface area contributed by atoms with Gasteiger partial charge in [0.1, 0.15) is 11.6 Å². The van der Waals surface area contributed by atoms with Crippen molar-refractivity contribution in [2.24, 2.45) is 5.14 Å². The molecule has 0 bridgehead atoms. The number of aromatic nitrogens is 2. The van der Waals surface area contributed by atoms with Crippen molar-refractivity contribution < 1.29 is 12.8 Å². The van der Waals surface area contributed by atoms with Crippen molar-refractivity contribution in [3.8, 4) is 22.4 Å². The number of nitrogens with two attached hydrogens (primary N) is 2. The Morgan fingerprint density at radius 3 is 2.31 bits per heavy atom. The average Bonchev–Trinajstić information content (AvgIpc) is 2.59. The minimum atomic E-state index is -3.94. The first kappa shape index (κ1) is 18.0. The van der Waals surface area contributed by atoms with Crippen LogP contribution in [0.25, 0.3) is 22.4 Å². The van der Waals surface area contributed by atoms with Crippen LogP contribution in [0.4, 0.5) is 10.2 Å². The monoisotopic (exact) mass is 372 g/mol. The number of sulfonamides is 1. The summed E-state index contributed by atoms with van der Waals surface area (Å²) in [5, 5.41) is 5.28. The largest absolute Gasteiger partial charge is 0.382 e. The highest BCUT2D eigenvalue weighted by Crippen LogP contribution is 2.34. The summed E-state index contributed by atoms with van der Waals surface area (Å²) in [6, 6.07) is 9.40. The lowest BCUT2D eigenvalue weighted by Gasteiger charge is -2.14. The molecule has 6 nitrogen and oxygen atoms in total. The third-order valence-corrected chi connectivity index (χ3v) is 5.10. The molecule has 0 unspecified atom stereocenters. The van der Waals surface area contributed by atoms with Crippen LogP contribution in [0, 0.1) is 19.7 Å². The maximum Gasteiger partial charge on any atom is 0.238 e. The fourth-order valence-corrected chi connectivity index (χ4v) is 3.49. The number of benzene rings is 2. The topological polar surface area (TPSA) is 112 Å². The van der Waals surface area contributed by atoms with E-state index in [2.05, 4.69) is 9.97 Å². The number of nitrogens with zero attached hydrogens (tertiary/aromatic N) is 2. The molecule has 26 heavy (non-hydrogen) atoms. The molecule has 4 N–H and O–H groups in total. The van der Waals surface area contributed by atoms with Crippen molar-refractivity contribution in [2.75, 3.05) is 5.73 Å². The van der Waals surface area contributed by atoms with E-state index >= 15 is 4.39 Å². The second-order valence-electron chi connectivity index (χ2n) is 5.87. The van der Waals surface area contributed by atoms with Gasteiger partial charge in [-0.15, -0.1) is 0 Å². The predicted molar refractivity (Wildman–Crippen MR) is 98.1 cm³/mol. The number of hydrogen-bond acceptors (Lipinski definition) is 5. The van der Waals surface area contributed by atoms with Crippen LogP contribution >= 0.6 is 0 Å². The van der Waals surface area contributed by atoms with Gasteiger partial charge in [0, 0.05) is 11.1 Å². The van der Waals surface area contributed by atoms with Gasteiger partial charge >= 0.3 is 0 Å². The molecular formula is C18H17FN4O2S. The SMILES string of the molecule is Cc1nc(-c2ccc(-c3ccccc3S(N)(=O)=O)c(C)c2F)cnc1N. The second-order valence-corrected chi connectivity index (χ2v) is 7.40. The zero-order chi connectivity index (χ0) is 19.1. The highest BCUT2D eigenvalue weighted by Gasteiger charge is 2.19. The van der Waals surface area contributed by atoms with Gasteiger partial charge in [-0.3, -0.25) is 0 Å². The molecule has 0 saturated carbocycles. The fraction of sp³-hybridized carbons (Fsp3) is 0.111. The molecule has 0 radical (unpaired) electrons. The number of primary sulfonamides is 1. The van der Waals surface area contributed by atoms with E-state index in [1.54, 1.807) is 38.1 Å². The highest BCUT2D eigenvalue weighted by molar-refractivity contribution is 7.89. The summed E-state index contributed by atoms with van der Waals surface area (Å²) in [5.74, 6) is -0.227. The number of hydrogen-bond donors (Lipinski definition) is 2. The molecule has 0 aliphatic carbocycles. The Morgan fingerprint density at radius 1 is 1.00 bits per heavy atom. The summed E-state index contributed by atoms with van der Waals surface area (Å²) in [7, 11) is -3.94. The van der Waals surface area contributed by atoms with Crippen molar-refractivity contribution in [3.05, 3.63) is 59.7 Å². The smallest absolute Gasteiger partial charge is 0.238 e. The van der Waals surface area contributed by atoms with Gasteiger partial charge in [-0.1, -0.05) is 24.3 Å². The van der Waals surface area contributed by atoms with E-state index in [0.29, 0.717) is 22.5 Å². The highest BCUT2D eigenvalue weighted by atomic mass is 32.2. The first-order valence-electron chi connectivity index (χ1n) is 7.71. The molecule has 1 heterocycles. The molecule has 3 aromatic rings. The molecule has 1 aromatic heterocycles. The Morgan fingerprint density at radius 2 is 1.65 bits per heavy atom. The van der Waals surface area contributed by atoms with Gasteiger partial charge in [0.05, 0.1) is 22.5 Å². The molecule has 2 aromatic carbocycles. The summed E-state index contributed by atoms with van der Waals surface area (Å²) in [4.78, 5) is 8.21. The Balaban J connectivity index is 2.20. The van der Waals surface area contributed by atoms with Crippen molar-refractivity contribution in [3.63, 3.8) is 0 Å². The number of halogens is 1. The Bertz CT molecular complexity index is 1110. The van der Waals surface area contributed by atoms with Crippen LogP contribution in [0.2, 0.25) is 0 Å². The molecule has 0 fully saturated rings. The Hall–Kier alpha value is -2.84. The number of anilines is 1. The van der Waals surface area contributed by atoms with Crippen LogP contribution in [-0.2, 0) is 10.0 Å². The van der Waals surface area contributed by atoms with E-state index in [9.17, 15) is 8.42 Å². The first-order chi connectivity index (χ1) is 12.2. The summed E-state index contributed by atoms with van der Waals surface area (Å²) in [5.41, 5.74) is 7.84. The van der Waals surface area contributed by atoms with Gasteiger partial charge in [-0.25, -0.2) is 27.9 Å². The van der Waals surface area contributed by atoms with Crippen LogP contribution in [0.15, 0.2) is 47.5 Å². The van der Waals surface area contributed by atoms with E-state index in [4.69, 9.17) is 10.9 Å². The van der Waals surface area contributed by atoms with Crippen LogP contribution in [0.3, 0.4) is 0 Å². The maximum absolute atomic E-state index is 15.0. The molecule has 3 rings (SSSR count). The average molecular weight is 372 g/mol.